The number of hydrogen-bond acceptors (Lipinski definition) is 5. The number of aryl methyl sites for hydroxylation is 1. The van der Waals surface area contributed by atoms with Crippen molar-refractivity contribution >= 4 is 16.7 Å². The van der Waals surface area contributed by atoms with Crippen molar-refractivity contribution in [2.45, 2.75) is 13.5 Å². The van der Waals surface area contributed by atoms with Crippen LogP contribution >= 0.6 is 0 Å². The van der Waals surface area contributed by atoms with Crippen LogP contribution in [0.3, 0.4) is 0 Å². The second-order valence-electron chi connectivity index (χ2n) is 5.91. The maximum absolute atomic E-state index is 13.4. The van der Waals surface area contributed by atoms with Gasteiger partial charge in [-0.3, -0.25) is 4.79 Å². The topological polar surface area (TPSA) is 74.3 Å². The van der Waals surface area contributed by atoms with Crippen LogP contribution in [-0.2, 0) is 11.3 Å². The van der Waals surface area contributed by atoms with Crippen LogP contribution in [0.2, 0.25) is 0 Å². The van der Waals surface area contributed by atoms with E-state index in [9.17, 15) is 9.18 Å². The smallest absolute Gasteiger partial charge is 0.262 e. The predicted molar refractivity (Wildman–Crippen MR) is 94.6 cm³/mol. The van der Waals surface area contributed by atoms with Crippen LogP contribution in [0, 0.1) is 12.7 Å². The summed E-state index contributed by atoms with van der Waals surface area (Å²) in [7, 11) is 1.58. The minimum absolute atomic E-state index is 0.207. The second kappa shape index (κ2) is 6.30. The van der Waals surface area contributed by atoms with E-state index in [4.69, 9.17) is 4.74 Å². The molecule has 26 heavy (non-hydrogen) atoms. The Morgan fingerprint density at radius 1 is 1.15 bits per heavy atom. The number of halogens is 1. The largest absolute Gasteiger partial charge is 0.383 e. The lowest BCUT2D eigenvalue weighted by molar-refractivity contribution is 0.186. The lowest BCUT2D eigenvalue weighted by Gasteiger charge is -2.11. The maximum Gasteiger partial charge on any atom is 0.262 e. The number of aromatic nitrogens is 5. The number of hydrogen-bond donors (Lipinski definition) is 0. The number of methoxy groups -OCH3 is 1. The Labute approximate surface area is 147 Å². The van der Waals surface area contributed by atoms with Crippen molar-refractivity contribution < 1.29 is 9.13 Å². The fourth-order valence-corrected chi connectivity index (χ4v) is 2.96. The molecule has 4 aromatic rings. The maximum atomic E-state index is 13.4. The van der Waals surface area contributed by atoms with Crippen molar-refractivity contribution in [3.63, 3.8) is 0 Å². The molecule has 3 aromatic heterocycles. The molecule has 0 N–H and O–H groups in total. The third-order valence-electron chi connectivity index (χ3n) is 4.16. The molecule has 0 aliphatic heterocycles. The van der Waals surface area contributed by atoms with Crippen LogP contribution in [0.5, 0.6) is 0 Å². The highest BCUT2D eigenvalue weighted by atomic mass is 19.1. The standard InChI is InChI=1S/C18H16FN5O2/c1-11-20-18-21-14-7-8-23(9-10-26-2)17(25)15(14)16(24(18)22-11)12-3-5-13(19)6-4-12/h3-8H,9-10H2,1-2H3. The van der Waals surface area contributed by atoms with Crippen LogP contribution in [0.1, 0.15) is 5.82 Å². The Bertz CT molecular complexity index is 1160. The highest BCUT2D eigenvalue weighted by Gasteiger charge is 2.18. The molecule has 1 aromatic carbocycles. The molecule has 0 fully saturated rings. The van der Waals surface area contributed by atoms with Crippen molar-refractivity contribution in [3.8, 4) is 11.3 Å². The van der Waals surface area contributed by atoms with Gasteiger partial charge in [-0.25, -0.2) is 9.37 Å². The zero-order valence-electron chi connectivity index (χ0n) is 14.3. The molecular formula is C18H16FN5O2. The third kappa shape index (κ3) is 2.64. The van der Waals surface area contributed by atoms with E-state index in [2.05, 4.69) is 15.1 Å². The van der Waals surface area contributed by atoms with Crippen LogP contribution in [0.15, 0.2) is 41.3 Å². The van der Waals surface area contributed by atoms with Crippen LogP contribution in [0.25, 0.3) is 27.9 Å². The van der Waals surface area contributed by atoms with E-state index in [0.29, 0.717) is 46.9 Å². The lowest BCUT2D eigenvalue weighted by Crippen LogP contribution is -2.23. The molecule has 0 spiro atoms. The van der Waals surface area contributed by atoms with E-state index in [0.717, 1.165) is 0 Å². The first-order valence-electron chi connectivity index (χ1n) is 8.10. The number of benzene rings is 1. The van der Waals surface area contributed by atoms with E-state index in [1.54, 1.807) is 43.0 Å². The van der Waals surface area contributed by atoms with Crippen molar-refractivity contribution in [1.82, 2.24) is 24.1 Å². The number of ether oxygens (including phenoxy) is 1. The Hall–Kier alpha value is -3.13. The molecule has 7 nitrogen and oxygen atoms in total. The molecule has 3 heterocycles. The molecule has 0 atom stereocenters. The van der Waals surface area contributed by atoms with E-state index in [-0.39, 0.29) is 11.4 Å². The third-order valence-corrected chi connectivity index (χ3v) is 4.16. The molecule has 0 aliphatic rings. The Morgan fingerprint density at radius 2 is 1.92 bits per heavy atom. The van der Waals surface area contributed by atoms with Gasteiger partial charge < -0.3 is 9.30 Å². The normalized spacial score (nSPS) is 11.5. The number of pyridine rings is 1. The molecule has 4 rings (SSSR count). The zero-order valence-corrected chi connectivity index (χ0v) is 14.3. The molecule has 0 saturated carbocycles. The predicted octanol–water partition coefficient (Wildman–Crippen LogP) is 2.20. The fraction of sp³-hybridized carbons (Fsp3) is 0.222. The quantitative estimate of drug-likeness (QED) is 0.562. The first-order valence-corrected chi connectivity index (χ1v) is 8.10. The summed E-state index contributed by atoms with van der Waals surface area (Å²) in [6.45, 7) is 2.59. The van der Waals surface area contributed by atoms with Gasteiger partial charge in [0.2, 0.25) is 0 Å². The Balaban J connectivity index is 2.11. The summed E-state index contributed by atoms with van der Waals surface area (Å²) in [5, 5.41) is 4.78. The molecule has 0 saturated heterocycles. The molecule has 0 amide bonds. The van der Waals surface area contributed by atoms with Crippen LogP contribution in [-0.4, -0.2) is 37.9 Å². The zero-order chi connectivity index (χ0) is 18.3. The Kier molecular flexibility index (Phi) is 3.96. The van der Waals surface area contributed by atoms with Gasteiger partial charge in [-0.1, -0.05) is 0 Å². The van der Waals surface area contributed by atoms with Gasteiger partial charge in [0.15, 0.2) is 0 Å². The van der Waals surface area contributed by atoms with E-state index in [1.807, 2.05) is 0 Å². The number of fused-ring (bicyclic) bond motifs is 2. The van der Waals surface area contributed by atoms with Crippen molar-refractivity contribution in [2.75, 3.05) is 13.7 Å². The summed E-state index contributed by atoms with van der Waals surface area (Å²) < 4.78 is 21.6. The summed E-state index contributed by atoms with van der Waals surface area (Å²) in [6.07, 6.45) is 1.69. The van der Waals surface area contributed by atoms with Gasteiger partial charge in [-0.2, -0.15) is 9.50 Å². The van der Waals surface area contributed by atoms with Gasteiger partial charge in [0.1, 0.15) is 11.6 Å². The van der Waals surface area contributed by atoms with Crippen LogP contribution < -0.4 is 5.56 Å². The minimum atomic E-state index is -0.351. The average molecular weight is 353 g/mol. The summed E-state index contributed by atoms with van der Waals surface area (Å²) in [5.41, 5.74) is 1.52. The highest BCUT2D eigenvalue weighted by molar-refractivity contribution is 5.93. The monoisotopic (exact) mass is 353 g/mol. The highest BCUT2D eigenvalue weighted by Crippen LogP contribution is 2.26. The van der Waals surface area contributed by atoms with Gasteiger partial charge in [-0.15, -0.1) is 5.10 Å². The molecular weight excluding hydrogens is 337 g/mol. The van der Waals surface area contributed by atoms with E-state index in [1.165, 1.54) is 16.6 Å². The second-order valence-corrected chi connectivity index (χ2v) is 5.91. The van der Waals surface area contributed by atoms with Gasteiger partial charge >= 0.3 is 0 Å². The SMILES string of the molecule is COCCn1ccc2nc3nc(C)nn3c(-c3ccc(F)cc3)c2c1=O. The average Bonchev–Trinajstić information content (AvgIpc) is 3.00. The number of nitrogens with zero attached hydrogens (tertiary/aromatic N) is 5. The molecule has 8 heteroatoms. The lowest BCUT2D eigenvalue weighted by atomic mass is 10.1. The first-order chi connectivity index (χ1) is 12.6. The molecule has 0 radical (unpaired) electrons. The molecule has 0 bridgehead atoms. The summed E-state index contributed by atoms with van der Waals surface area (Å²) in [6, 6.07) is 7.70. The van der Waals surface area contributed by atoms with Crippen molar-refractivity contribution in [1.29, 1.82) is 0 Å². The van der Waals surface area contributed by atoms with E-state index < -0.39 is 0 Å². The van der Waals surface area contributed by atoms with Gasteiger partial charge in [0.05, 0.1) is 23.2 Å². The minimum Gasteiger partial charge on any atom is -0.383 e. The fourth-order valence-electron chi connectivity index (χ4n) is 2.96. The van der Waals surface area contributed by atoms with E-state index >= 15 is 0 Å². The molecule has 0 aliphatic carbocycles. The van der Waals surface area contributed by atoms with Gasteiger partial charge in [-0.05, 0) is 37.3 Å². The van der Waals surface area contributed by atoms with Gasteiger partial charge in [0, 0.05) is 25.4 Å². The van der Waals surface area contributed by atoms with Crippen molar-refractivity contribution in [3.05, 3.63) is 58.5 Å². The Morgan fingerprint density at radius 3 is 2.65 bits per heavy atom. The summed E-state index contributed by atoms with van der Waals surface area (Å²) in [4.78, 5) is 21.8. The first kappa shape index (κ1) is 16.3. The molecule has 132 valence electrons. The molecule has 0 unspecified atom stereocenters. The van der Waals surface area contributed by atoms with Gasteiger partial charge in [0.25, 0.3) is 11.3 Å². The number of rotatable bonds is 4. The van der Waals surface area contributed by atoms with Crippen molar-refractivity contribution in [2.24, 2.45) is 0 Å². The van der Waals surface area contributed by atoms with Crippen LogP contribution in [0.4, 0.5) is 4.39 Å². The summed E-state index contributed by atoms with van der Waals surface area (Å²) in [5.74, 6) is 0.579. The summed E-state index contributed by atoms with van der Waals surface area (Å²) >= 11 is 0.